The maximum atomic E-state index is 5.86. The Kier molecular flexibility index (Phi) is 3.65. The molecule has 0 bridgehead atoms. The molecule has 0 unspecified atom stereocenters. The Hall–Kier alpha value is -2.68. The van der Waals surface area contributed by atoms with Crippen LogP contribution in [0.25, 0.3) is 11.3 Å². The van der Waals surface area contributed by atoms with Crippen molar-refractivity contribution in [3.8, 4) is 11.3 Å². The van der Waals surface area contributed by atoms with Crippen LogP contribution in [0.4, 0.5) is 5.69 Å². The number of nitrogens with zero attached hydrogens (tertiary/aromatic N) is 2. The summed E-state index contributed by atoms with van der Waals surface area (Å²) in [6.07, 6.45) is 2.50. The predicted molar refractivity (Wildman–Crippen MR) is 85.9 cm³/mol. The van der Waals surface area contributed by atoms with Gasteiger partial charge in [0.05, 0.1) is 5.69 Å². The van der Waals surface area contributed by atoms with E-state index in [1.165, 1.54) is 11.1 Å². The first-order chi connectivity index (χ1) is 10.2. The van der Waals surface area contributed by atoms with Gasteiger partial charge in [0.25, 0.3) is 0 Å². The molecule has 3 nitrogen and oxygen atoms in total. The molecule has 3 rings (SSSR count). The third-order valence-corrected chi connectivity index (χ3v) is 3.50. The van der Waals surface area contributed by atoms with Crippen LogP contribution < -0.4 is 5.73 Å². The van der Waals surface area contributed by atoms with Crippen molar-refractivity contribution in [2.45, 2.75) is 13.3 Å². The number of nitrogen functional groups attached to an aromatic ring is 1. The van der Waals surface area contributed by atoms with Crippen LogP contribution in [-0.4, -0.2) is 9.97 Å². The van der Waals surface area contributed by atoms with Gasteiger partial charge in [0.1, 0.15) is 5.82 Å². The lowest BCUT2D eigenvalue weighted by atomic mass is 10.0. The van der Waals surface area contributed by atoms with Crippen LogP contribution >= 0.6 is 0 Å². The molecule has 0 amide bonds. The minimum Gasteiger partial charge on any atom is -0.399 e. The molecule has 3 heteroatoms. The van der Waals surface area contributed by atoms with Crippen molar-refractivity contribution in [1.82, 2.24) is 9.97 Å². The lowest BCUT2D eigenvalue weighted by molar-refractivity contribution is 0.965. The summed E-state index contributed by atoms with van der Waals surface area (Å²) in [6, 6.07) is 18.0. The van der Waals surface area contributed by atoms with Crippen LogP contribution in [0.5, 0.6) is 0 Å². The van der Waals surface area contributed by atoms with Crippen molar-refractivity contribution in [2.24, 2.45) is 0 Å². The fraction of sp³-hybridized carbons (Fsp3) is 0.111. The summed E-state index contributed by atoms with van der Waals surface area (Å²) in [6.45, 7) is 2.08. The highest BCUT2D eigenvalue weighted by atomic mass is 14.9. The standard InChI is InChI=1S/C18H17N3/c1-13-7-8-16(19)11-15(13)12-18-20-10-9-17(21-18)14-5-3-2-4-6-14/h2-11H,12,19H2,1H3. The van der Waals surface area contributed by atoms with Crippen molar-refractivity contribution in [1.29, 1.82) is 0 Å². The molecule has 0 aliphatic heterocycles. The zero-order chi connectivity index (χ0) is 14.7. The van der Waals surface area contributed by atoms with Gasteiger partial charge in [0.15, 0.2) is 0 Å². The maximum Gasteiger partial charge on any atom is 0.133 e. The second-order valence-corrected chi connectivity index (χ2v) is 5.09. The monoisotopic (exact) mass is 275 g/mol. The third-order valence-electron chi connectivity index (χ3n) is 3.50. The van der Waals surface area contributed by atoms with Gasteiger partial charge in [-0.25, -0.2) is 9.97 Å². The van der Waals surface area contributed by atoms with E-state index in [2.05, 4.69) is 29.0 Å². The van der Waals surface area contributed by atoms with Crippen LogP contribution in [-0.2, 0) is 6.42 Å². The first-order valence-corrected chi connectivity index (χ1v) is 6.95. The summed E-state index contributed by atoms with van der Waals surface area (Å²) >= 11 is 0. The Labute approximate surface area is 124 Å². The Morgan fingerprint density at radius 3 is 2.62 bits per heavy atom. The fourth-order valence-electron chi connectivity index (χ4n) is 2.31. The smallest absolute Gasteiger partial charge is 0.133 e. The molecule has 3 aromatic rings. The number of nitrogens with two attached hydrogens (primary N) is 1. The number of aryl methyl sites for hydroxylation is 1. The maximum absolute atomic E-state index is 5.86. The SMILES string of the molecule is Cc1ccc(N)cc1Cc1nccc(-c2ccccc2)n1. The fourth-order valence-corrected chi connectivity index (χ4v) is 2.31. The Balaban J connectivity index is 1.92. The average molecular weight is 275 g/mol. The van der Waals surface area contributed by atoms with Crippen molar-refractivity contribution >= 4 is 5.69 Å². The Morgan fingerprint density at radius 1 is 1.00 bits per heavy atom. The minimum absolute atomic E-state index is 0.692. The summed E-state index contributed by atoms with van der Waals surface area (Å²) < 4.78 is 0. The van der Waals surface area contributed by atoms with Gasteiger partial charge in [-0.3, -0.25) is 0 Å². The van der Waals surface area contributed by atoms with Gasteiger partial charge in [-0.15, -0.1) is 0 Å². The Bertz CT molecular complexity index is 751. The van der Waals surface area contributed by atoms with Gasteiger partial charge in [0.2, 0.25) is 0 Å². The van der Waals surface area contributed by atoms with E-state index in [0.29, 0.717) is 6.42 Å². The average Bonchev–Trinajstić information content (AvgIpc) is 2.52. The molecule has 21 heavy (non-hydrogen) atoms. The molecule has 0 aliphatic carbocycles. The summed E-state index contributed by atoms with van der Waals surface area (Å²) in [5.74, 6) is 0.810. The zero-order valence-corrected chi connectivity index (χ0v) is 12.0. The minimum atomic E-state index is 0.692. The van der Waals surface area contributed by atoms with Crippen molar-refractivity contribution < 1.29 is 0 Å². The van der Waals surface area contributed by atoms with Crippen LogP contribution in [0.1, 0.15) is 17.0 Å². The van der Waals surface area contributed by atoms with Gasteiger partial charge in [-0.1, -0.05) is 36.4 Å². The van der Waals surface area contributed by atoms with E-state index in [4.69, 9.17) is 5.73 Å². The van der Waals surface area contributed by atoms with E-state index in [-0.39, 0.29) is 0 Å². The lowest BCUT2D eigenvalue weighted by Crippen LogP contribution is -2.00. The second-order valence-electron chi connectivity index (χ2n) is 5.09. The first-order valence-electron chi connectivity index (χ1n) is 6.95. The quantitative estimate of drug-likeness (QED) is 0.743. The van der Waals surface area contributed by atoms with Crippen molar-refractivity contribution in [2.75, 3.05) is 5.73 Å². The molecular formula is C18H17N3. The van der Waals surface area contributed by atoms with Crippen LogP contribution in [0.15, 0.2) is 60.8 Å². The molecule has 2 N–H and O–H groups in total. The molecule has 0 aliphatic rings. The number of benzene rings is 2. The van der Waals surface area contributed by atoms with E-state index >= 15 is 0 Å². The first kappa shape index (κ1) is 13.3. The molecule has 0 saturated carbocycles. The lowest BCUT2D eigenvalue weighted by Gasteiger charge is -2.07. The summed E-state index contributed by atoms with van der Waals surface area (Å²) in [5.41, 5.74) is 11.1. The second kappa shape index (κ2) is 5.75. The van der Waals surface area contributed by atoms with E-state index in [1.807, 2.05) is 48.7 Å². The van der Waals surface area contributed by atoms with E-state index < -0.39 is 0 Å². The number of aromatic nitrogens is 2. The normalized spacial score (nSPS) is 10.5. The Morgan fingerprint density at radius 2 is 1.81 bits per heavy atom. The zero-order valence-electron chi connectivity index (χ0n) is 12.0. The number of hydrogen-bond donors (Lipinski definition) is 1. The van der Waals surface area contributed by atoms with Gasteiger partial charge in [0, 0.05) is 23.9 Å². The third kappa shape index (κ3) is 3.08. The summed E-state index contributed by atoms with van der Waals surface area (Å²) in [7, 11) is 0. The van der Waals surface area contributed by atoms with Crippen LogP contribution in [0, 0.1) is 6.92 Å². The summed E-state index contributed by atoms with van der Waals surface area (Å²) in [5, 5.41) is 0. The molecule has 1 heterocycles. The molecule has 0 spiro atoms. The predicted octanol–water partition coefficient (Wildman–Crippen LogP) is 3.63. The molecule has 0 atom stereocenters. The summed E-state index contributed by atoms with van der Waals surface area (Å²) in [4.78, 5) is 9.04. The number of anilines is 1. The highest BCUT2D eigenvalue weighted by Crippen LogP contribution is 2.18. The van der Waals surface area contributed by atoms with Gasteiger partial charge in [-0.2, -0.15) is 0 Å². The molecule has 1 aromatic heterocycles. The van der Waals surface area contributed by atoms with Crippen molar-refractivity contribution in [3.05, 3.63) is 77.7 Å². The topological polar surface area (TPSA) is 51.8 Å². The molecule has 0 saturated heterocycles. The molecular weight excluding hydrogens is 258 g/mol. The van der Waals surface area contributed by atoms with E-state index in [1.54, 1.807) is 0 Å². The molecule has 2 aromatic carbocycles. The van der Waals surface area contributed by atoms with Gasteiger partial charge in [-0.05, 0) is 36.2 Å². The van der Waals surface area contributed by atoms with Crippen molar-refractivity contribution in [3.63, 3.8) is 0 Å². The number of hydrogen-bond acceptors (Lipinski definition) is 3. The molecule has 104 valence electrons. The van der Waals surface area contributed by atoms with Gasteiger partial charge >= 0.3 is 0 Å². The number of rotatable bonds is 3. The highest BCUT2D eigenvalue weighted by Gasteiger charge is 2.05. The van der Waals surface area contributed by atoms with Gasteiger partial charge < -0.3 is 5.73 Å². The van der Waals surface area contributed by atoms with E-state index in [0.717, 1.165) is 22.8 Å². The van der Waals surface area contributed by atoms with E-state index in [9.17, 15) is 0 Å². The van der Waals surface area contributed by atoms with Crippen LogP contribution in [0.2, 0.25) is 0 Å². The largest absolute Gasteiger partial charge is 0.399 e. The highest BCUT2D eigenvalue weighted by molar-refractivity contribution is 5.58. The molecule has 0 radical (unpaired) electrons. The van der Waals surface area contributed by atoms with Crippen LogP contribution in [0.3, 0.4) is 0 Å². The molecule has 0 fully saturated rings.